The number of carbonyl (C=O) groups is 1. The molecule has 0 radical (unpaired) electrons. The van der Waals surface area contributed by atoms with Gasteiger partial charge in [-0.1, -0.05) is 34.1 Å². The number of para-hydroxylation sites is 1. The van der Waals surface area contributed by atoms with Gasteiger partial charge >= 0.3 is 0 Å². The first-order valence-electron chi connectivity index (χ1n) is 7.47. The Kier molecular flexibility index (Phi) is 4.91. The standard InChI is InChI=1S/C19H16BrN3O/c1-13-11-15(20)7-8-17(13)23-18-12-14(9-10-21-18)19(24)22-16-5-3-2-4-6-16/h2-12H,1H3,(H,21,23)(H,22,24). The van der Waals surface area contributed by atoms with Crippen molar-refractivity contribution in [3.63, 3.8) is 0 Å². The van der Waals surface area contributed by atoms with Gasteiger partial charge in [0, 0.05) is 27.6 Å². The van der Waals surface area contributed by atoms with E-state index in [1.165, 1.54) is 0 Å². The largest absolute Gasteiger partial charge is 0.340 e. The maximum Gasteiger partial charge on any atom is 0.255 e. The number of nitrogens with zero attached hydrogens (tertiary/aromatic N) is 1. The van der Waals surface area contributed by atoms with Crippen molar-refractivity contribution < 1.29 is 4.79 Å². The summed E-state index contributed by atoms with van der Waals surface area (Å²) in [5.41, 5.74) is 3.35. The number of aryl methyl sites for hydroxylation is 1. The highest BCUT2D eigenvalue weighted by Gasteiger charge is 2.08. The first-order chi connectivity index (χ1) is 11.6. The summed E-state index contributed by atoms with van der Waals surface area (Å²) in [6.45, 7) is 2.01. The monoisotopic (exact) mass is 381 g/mol. The summed E-state index contributed by atoms with van der Waals surface area (Å²) in [7, 11) is 0. The summed E-state index contributed by atoms with van der Waals surface area (Å²) >= 11 is 3.45. The Morgan fingerprint density at radius 1 is 1.04 bits per heavy atom. The van der Waals surface area contributed by atoms with Crippen molar-refractivity contribution in [1.29, 1.82) is 0 Å². The van der Waals surface area contributed by atoms with E-state index in [9.17, 15) is 4.79 Å². The lowest BCUT2D eigenvalue weighted by Gasteiger charge is -2.10. The Labute approximate surface area is 149 Å². The van der Waals surface area contributed by atoms with Gasteiger partial charge in [-0.3, -0.25) is 4.79 Å². The van der Waals surface area contributed by atoms with Crippen LogP contribution in [0.4, 0.5) is 17.2 Å². The molecule has 120 valence electrons. The van der Waals surface area contributed by atoms with E-state index in [1.54, 1.807) is 18.3 Å². The summed E-state index contributed by atoms with van der Waals surface area (Å²) < 4.78 is 1.02. The molecule has 1 aromatic heterocycles. The molecule has 0 unspecified atom stereocenters. The third-order valence-corrected chi connectivity index (χ3v) is 4.00. The van der Waals surface area contributed by atoms with E-state index < -0.39 is 0 Å². The fourth-order valence-electron chi connectivity index (χ4n) is 2.27. The predicted octanol–water partition coefficient (Wildman–Crippen LogP) is 5.15. The van der Waals surface area contributed by atoms with Crippen molar-refractivity contribution in [3.8, 4) is 0 Å². The number of pyridine rings is 1. The highest BCUT2D eigenvalue weighted by atomic mass is 79.9. The van der Waals surface area contributed by atoms with Gasteiger partial charge < -0.3 is 10.6 Å². The Hall–Kier alpha value is -2.66. The van der Waals surface area contributed by atoms with Crippen molar-refractivity contribution in [3.05, 3.63) is 82.5 Å². The molecule has 0 atom stereocenters. The molecule has 3 aromatic rings. The van der Waals surface area contributed by atoms with E-state index in [0.29, 0.717) is 11.4 Å². The molecule has 1 heterocycles. The fraction of sp³-hybridized carbons (Fsp3) is 0.0526. The number of carbonyl (C=O) groups excluding carboxylic acids is 1. The van der Waals surface area contributed by atoms with Crippen molar-refractivity contribution in [2.75, 3.05) is 10.6 Å². The van der Waals surface area contributed by atoms with Gasteiger partial charge in [-0.05, 0) is 55.0 Å². The van der Waals surface area contributed by atoms with Crippen LogP contribution in [0.1, 0.15) is 15.9 Å². The Balaban J connectivity index is 1.77. The minimum atomic E-state index is -0.167. The lowest BCUT2D eigenvalue weighted by atomic mass is 10.2. The number of halogens is 1. The van der Waals surface area contributed by atoms with Crippen LogP contribution in [-0.4, -0.2) is 10.9 Å². The van der Waals surface area contributed by atoms with E-state index >= 15 is 0 Å². The van der Waals surface area contributed by atoms with E-state index in [-0.39, 0.29) is 5.91 Å². The van der Waals surface area contributed by atoms with Gasteiger partial charge in [0.05, 0.1) is 0 Å². The number of benzene rings is 2. The third-order valence-electron chi connectivity index (χ3n) is 3.50. The SMILES string of the molecule is Cc1cc(Br)ccc1Nc1cc(C(=O)Nc2ccccc2)ccn1. The van der Waals surface area contributed by atoms with Crippen LogP contribution >= 0.6 is 15.9 Å². The molecule has 2 N–H and O–H groups in total. The van der Waals surface area contributed by atoms with Crippen LogP contribution in [0.15, 0.2) is 71.3 Å². The molecule has 5 heteroatoms. The lowest BCUT2D eigenvalue weighted by Crippen LogP contribution is -2.12. The minimum absolute atomic E-state index is 0.167. The summed E-state index contributed by atoms with van der Waals surface area (Å²) in [5, 5.41) is 6.11. The molecule has 0 spiro atoms. The molecule has 0 fully saturated rings. The third kappa shape index (κ3) is 4.00. The average molecular weight is 382 g/mol. The summed E-state index contributed by atoms with van der Waals surface area (Å²) in [5.74, 6) is 0.459. The number of hydrogen-bond acceptors (Lipinski definition) is 3. The Morgan fingerprint density at radius 2 is 1.83 bits per heavy atom. The lowest BCUT2D eigenvalue weighted by molar-refractivity contribution is 0.102. The van der Waals surface area contributed by atoms with Crippen LogP contribution < -0.4 is 10.6 Å². The molecule has 3 rings (SSSR count). The van der Waals surface area contributed by atoms with Crippen LogP contribution in [-0.2, 0) is 0 Å². The molecule has 0 bridgehead atoms. The van der Waals surface area contributed by atoms with Crippen LogP contribution in [0, 0.1) is 6.92 Å². The molecule has 0 aliphatic heterocycles. The number of nitrogens with one attached hydrogen (secondary N) is 2. The number of aromatic nitrogens is 1. The van der Waals surface area contributed by atoms with Gasteiger partial charge in [0.25, 0.3) is 5.91 Å². The maximum atomic E-state index is 12.4. The molecule has 0 aliphatic rings. The van der Waals surface area contributed by atoms with Crippen LogP contribution in [0.2, 0.25) is 0 Å². The van der Waals surface area contributed by atoms with Crippen LogP contribution in [0.5, 0.6) is 0 Å². The molecule has 1 amide bonds. The van der Waals surface area contributed by atoms with E-state index in [0.717, 1.165) is 21.4 Å². The normalized spacial score (nSPS) is 10.2. The van der Waals surface area contributed by atoms with Crippen molar-refractivity contribution in [1.82, 2.24) is 4.98 Å². The van der Waals surface area contributed by atoms with Gasteiger partial charge in [0.2, 0.25) is 0 Å². The van der Waals surface area contributed by atoms with E-state index in [2.05, 4.69) is 31.5 Å². The summed E-state index contributed by atoms with van der Waals surface area (Å²) in [6.07, 6.45) is 1.62. The van der Waals surface area contributed by atoms with E-state index in [4.69, 9.17) is 0 Å². The quantitative estimate of drug-likeness (QED) is 0.656. The van der Waals surface area contributed by atoms with Crippen LogP contribution in [0.25, 0.3) is 0 Å². The van der Waals surface area contributed by atoms with Gasteiger partial charge in [-0.15, -0.1) is 0 Å². The number of anilines is 3. The molecule has 0 saturated carbocycles. The average Bonchev–Trinajstić information content (AvgIpc) is 2.59. The van der Waals surface area contributed by atoms with Gasteiger partial charge in [0.1, 0.15) is 5.82 Å². The fourth-order valence-corrected chi connectivity index (χ4v) is 2.75. The Bertz CT molecular complexity index is 865. The van der Waals surface area contributed by atoms with Crippen LogP contribution in [0.3, 0.4) is 0 Å². The van der Waals surface area contributed by atoms with Crippen molar-refractivity contribution in [2.24, 2.45) is 0 Å². The van der Waals surface area contributed by atoms with Gasteiger partial charge in [-0.25, -0.2) is 4.98 Å². The van der Waals surface area contributed by atoms with Gasteiger partial charge in [-0.2, -0.15) is 0 Å². The minimum Gasteiger partial charge on any atom is -0.340 e. The first kappa shape index (κ1) is 16.2. The van der Waals surface area contributed by atoms with E-state index in [1.807, 2.05) is 55.5 Å². The zero-order chi connectivity index (χ0) is 16.9. The topological polar surface area (TPSA) is 54.0 Å². The second-order valence-electron chi connectivity index (χ2n) is 5.33. The summed E-state index contributed by atoms with van der Waals surface area (Å²) in [6, 6.07) is 18.7. The highest BCUT2D eigenvalue weighted by molar-refractivity contribution is 9.10. The molecule has 4 nitrogen and oxygen atoms in total. The zero-order valence-electron chi connectivity index (χ0n) is 13.1. The molecule has 24 heavy (non-hydrogen) atoms. The second kappa shape index (κ2) is 7.27. The zero-order valence-corrected chi connectivity index (χ0v) is 14.7. The molecule has 0 aliphatic carbocycles. The number of hydrogen-bond donors (Lipinski definition) is 2. The number of rotatable bonds is 4. The highest BCUT2D eigenvalue weighted by Crippen LogP contribution is 2.23. The van der Waals surface area contributed by atoms with Crippen molar-refractivity contribution in [2.45, 2.75) is 6.92 Å². The maximum absolute atomic E-state index is 12.4. The second-order valence-corrected chi connectivity index (χ2v) is 6.25. The predicted molar refractivity (Wildman–Crippen MR) is 101 cm³/mol. The first-order valence-corrected chi connectivity index (χ1v) is 8.27. The molecular weight excluding hydrogens is 366 g/mol. The van der Waals surface area contributed by atoms with Gasteiger partial charge in [0.15, 0.2) is 0 Å². The van der Waals surface area contributed by atoms with Crippen molar-refractivity contribution >= 4 is 39.0 Å². The molecular formula is C19H16BrN3O. The smallest absolute Gasteiger partial charge is 0.255 e. The summed E-state index contributed by atoms with van der Waals surface area (Å²) in [4.78, 5) is 16.6. The number of amides is 1. The molecule has 2 aromatic carbocycles. The Morgan fingerprint density at radius 3 is 2.58 bits per heavy atom. The molecule has 0 saturated heterocycles.